The second-order valence-electron chi connectivity index (χ2n) is 4.99. The zero-order valence-corrected chi connectivity index (χ0v) is 11.0. The Morgan fingerprint density at radius 2 is 1.94 bits per heavy atom. The summed E-state index contributed by atoms with van der Waals surface area (Å²) in [7, 11) is 1.69. The molecule has 0 aromatic heterocycles. The van der Waals surface area contributed by atoms with Gasteiger partial charge in [0.2, 0.25) is 0 Å². The Labute approximate surface area is 109 Å². The smallest absolute Gasteiger partial charge is 0.0732 e. The van der Waals surface area contributed by atoms with Gasteiger partial charge in [-0.2, -0.15) is 0 Å². The third-order valence-corrected chi connectivity index (χ3v) is 3.73. The fourth-order valence-corrected chi connectivity index (χ4v) is 2.66. The third-order valence-electron chi connectivity index (χ3n) is 3.73. The van der Waals surface area contributed by atoms with Crippen LogP contribution in [-0.2, 0) is 9.47 Å². The first kappa shape index (κ1) is 13.5. The van der Waals surface area contributed by atoms with Gasteiger partial charge in [0.05, 0.1) is 19.3 Å². The van der Waals surface area contributed by atoms with E-state index in [4.69, 9.17) is 15.2 Å². The molecular weight excluding hydrogens is 226 g/mol. The van der Waals surface area contributed by atoms with Gasteiger partial charge in [0.1, 0.15) is 0 Å². The fraction of sp³-hybridized carbons (Fsp3) is 0.600. The maximum atomic E-state index is 6.14. The summed E-state index contributed by atoms with van der Waals surface area (Å²) < 4.78 is 10.9. The summed E-state index contributed by atoms with van der Waals surface area (Å²) in [6.45, 7) is 1.27. The summed E-state index contributed by atoms with van der Waals surface area (Å²) in [5.74, 6) is 0.582. The van der Waals surface area contributed by atoms with Crippen molar-refractivity contribution < 1.29 is 9.47 Å². The standard InChI is InChI=1S/C15H23NO2/c1-17-9-10-18-15-11-13(7-8-14(15)16)12-5-3-2-4-6-12/h2-6,13-15H,7-11,16H2,1H3. The van der Waals surface area contributed by atoms with Crippen molar-refractivity contribution in [1.29, 1.82) is 0 Å². The minimum atomic E-state index is 0.166. The highest BCUT2D eigenvalue weighted by Gasteiger charge is 2.29. The Bertz CT molecular complexity index is 342. The number of benzene rings is 1. The summed E-state index contributed by atoms with van der Waals surface area (Å²) in [6, 6.07) is 10.8. The summed E-state index contributed by atoms with van der Waals surface area (Å²) in [6.07, 6.45) is 3.39. The van der Waals surface area contributed by atoms with E-state index in [0.29, 0.717) is 19.1 Å². The van der Waals surface area contributed by atoms with Crippen LogP contribution in [0, 0.1) is 0 Å². The van der Waals surface area contributed by atoms with E-state index in [2.05, 4.69) is 30.3 Å². The molecule has 0 bridgehead atoms. The largest absolute Gasteiger partial charge is 0.382 e. The highest BCUT2D eigenvalue weighted by molar-refractivity contribution is 5.20. The first-order valence-corrected chi connectivity index (χ1v) is 6.72. The lowest BCUT2D eigenvalue weighted by Gasteiger charge is -2.34. The molecule has 2 rings (SSSR count). The van der Waals surface area contributed by atoms with Crippen LogP contribution in [0.5, 0.6) is 0 Å². The van der Waals surface area contributed by atoms with Crippen molar-refractivity contribution >= 4 is 0 Å². The van der Waals surface area contributed by atoms with Crippen LogP contribution in [0.2, 0.25) is 0 Å². The zero-order chi connectivity index (χ0) is 12.8. The van der Waals surface area contributed by atoms with Crippen LogP contribution in [0.1, 0.15) is 30.7 Å². The van der Waals surface area contributed by atoms with Gasteiger partial charge in [0, 0.05) is 13.2 Å². The van der Waals surface area contributed by atoms with Crippen molar-refractivity contribution in [2.24, 2.45) is 5.73 Å². The van der Waals surface area contributed by atoms with Gasteiger partial charge in [0.25, 0.3) is 0 Å². The summed E-state index contributed by atoms with van der Waals surface area (Å²) in [5, 5.41) is 0. The monoisotopic (exact) mass is 249 g/mol. The first-order chi connectivity index (χ1) is 8.81. The fourth-order valence-electron chi connectivity index (χ4n) is 2.66. The molecule has 0 radical (unpaired) electrons. The number of methoxy groups -OCH3 is 1. The Hall–Kier alpha value is -0.900. The quantitative estimate of drug-likeness (QED) is 0.814. The van der Waals surface area contributed by atoms with E-state index in [9.17, 15) is 0 Å². The SMILES string of the molecule is COCCOC1CC(c2ccccc2)CCC1N. The molecule has 1 aliphatic rings. The maximum absolute atomic E-state index is 6.14. The van der Waals surface area contributed by atoms with Gasteiger partial charge >= 0.3 is 0 Å². The summed E-state index contributed by atoms with van der Waals surface area (Å²) >= 11 is 0. The Morgan fingerprint density at radius 1 is 1.17 bits per heavy atom. The second-order valence-corrected chi connectivity index (χ2v) is 4.99. The molecule has 1 aromatic rings. The highest BCUT2D eigenvalue weighted by Crippen LogP contribution is 2.33. The molecule has 3 unspecified atom stereocenters. The van der Waals surface area contributed by atoms with Gasteiger partial charge in [-0.1, -0.05) is 30.3 Å². The zero-order valence-electron chi connectivity index (χ0n) is 11.0. The van der Waals surface area contributed by atoms with Crippen LogP contribution in [0.3, 0.4) is 0 Å². The van der Waals surface area contributed by atoms with Crippen molar-refractivity contribution in [1.82, 2.24) is 0 Å². The van der Waals surface area contributed by atoms with E-state index in [1.807, 2.05) is 0 Å². The average Bonchev–Trinajstić information content (AvgIpc) is 2.42. The predicted molar refractivity (Wildman–Crippen MR) is 72.6 cm³/mol. The van der Waals surface area contributed by atoms with Gasteiger partial charge in [-0.15, -0.1) is 0 Å². The van der Waals surface area contributed by atoms with E-state index >= 15 is 0 Å². The van der Waals surface area contributed by atoms with Crippen LogP contribution in [0.4, 0.5) is 0 Å². The van der Waals surface area contributed by atoms with Crippen molar-refractivity contribution in [3.8, 4) is 0 Å². The van der Waals surface area contributed by atoms with Crippen LogP contribution in [-0.4, -0.2) is 32.5 Å². The molecule has 0 spiro atoms. The molecule has 3 heteroatoms. The van der Waals surface area contributed by atoms with Crippen LogP contribution < -0.4 is 5.73 Å². The predicted octanol–water partition coefficient (Wildman–Crippen LogP) is 2.31. The minimum absolute atomic E-state index is 0.166. The molecule has 0 aliphatic heterocycles. The molecule has 1 saturated carbocycles. The lowest BCUT2D eigenvalue weighted by Crippen LogP contribution is -2.42. The number of hydrogen-bond donors (Lipinski definition) is 1. The Balaban J connectivity index is 1.91. The normalized spacial score (nSPS) is 28.2. The second kappa shape index (κ2) is 6.88. The molecule has 18 heavy (non-hydrogen) atoms. The van der Waals surface area contributed by atoms with Gasteiger partial charge in [-0.3, -0.25) is 0 Å². The topological polar surface area (TPSA) is 44.5 Å². The number of hydrogen-bond acceptors (Lipinski definition) is 3. The maximum Gasteiger partial charge on any atom is 0.0732 e. The van der Waals surface area contributed by atoms with Gasteiger partial charge in [0.15, 0.2) is 0 Å². The first-order valence-electron chi connectivity index (χ1n) is 6.72. The average molecular weight is 249 g/mol. The van der Waals surface area contributed by atoms with Crippen LogP contribution >= 0.6 is 0 Å². The number of rotatable bonds is 5. The van der Waals surface area contributed by atoms with Gasteiger partial charge in [-0.25, -0.2) is 0 Å². The molecule has 3 nitrogen and oxygen atoms in total. The van der Waals surface area contributed by atoms with Crippen molar-refractivity contribution in [2.75, 3.05) is 20.3 Å². The van der Waals surface area contributed by atoms with Crippen LogP contribution in [0.15, 0.2) is 30.3 Å². The molecule has 0 heterocycles. The van der Waals surface area contributed by atoms with E-state index in [0.717, 1.165) is 19.3 Å². The number of nitrogens with two attached hydrogens (primary N) is 1. The van der Waals surface area contributed by atoms with E-state index in [1.165, 1.54) is 5.56 Å². The molecule has 1 aromatic carbocycles. The Kier molecular flexibility index (Phi) is 5.17. The lowest BCUT2D eigenvalue weighted by molar-refractivity contribution is -0.0145. The molecule has 2 N–H and O–H groups in total. The lowest BCUT2D eigenvalue weighted by atomic mass is 9.80. The summed E-state index contributed by atoms with van der Waals surface area (Å²) in [4.78, 5) is 0. The van der Waals surface area contributed by atoms with Gasteiger partial charge < -0.3 is 15.2 Å². The highest BCUT2D eigenvalue weighted by atomic mass is 16.5. The van der Waals surface area contributed by atoms with Crippen molar-refractivity contribution in [3.63, 3.8) is 0 Å². The van der Waals surface area contributed by atoms with Crippen molar-refractivity contribution in [3.05, 3.63) is 35.9 Å². The van der Waals surface area contributed by atoms with Crippen molar-refractivity contribution in [2.45, 2.75) is 37.3 Å². The molecule has 100 valence electrons. The Morgan fingerprint density at radius 3 is 2.67 bits per heavy atom. The summed E-state index contributed by atoms with van der Waals surface area (Å²) in [5.41, 5.74) is 7.54. The molecule has 3 atom stereocenters. The molecule has 1 aliphatic carbocycles. The minimum Gasteiger partial charge on any atom is -0.382 e. The molecular formula is C15H23NO2. The molecule has 0 saturated heterocycles. The van der Waals surface area contributed by atoms with E-state index in [-0.39, 0.29) is 12.1 Å². The van der Waals surface area contributed by atoms with Gasteiger partial charge in [-0.05, 0) is 30.7 Å². The van der Waals surface area contributed by atoms with Crippen LogP contribution in [0.25, 0.3) is 0 Å². The number of ether oxygens (including phenoxy) is 2. The van der Waals surface area contributed by atoms with E-state index < -0.39 is 0 Å². The van der Waals surface area contributed by atoms with E-state index in [1.54, 1.807) is 7.11 Å². The third kappa shape index (κ3) is 3.55. The molecule has 0 amide bonds. The molecule has 1 fully saturated rings.